The minimum atomic E-state index is -4.26. The highest BCUT2D eigenvalue weighted by Crippen LogP contribution is 2.27. The van der Waals surface area contributed by atoms with Crippen molar-refractivity contribution in [2.75, 3.05) is 18.0 Å². The summed E-state index contributed by atoms with van der Waals surface area (Å²) in [4.78, 5) is 29.6. The molecule has 1 N–H and O–H groups in total. The van der Waals surface area contributed by atoms with E-state index in [0.717, 1.165) is 15.4 Å². The zero-order valence-corrected chi connectivity index (χ0v) is 27.3. The molecular weight excluding hydrogens is 605 g/mol. The number of anilines is 1. The van der Waals surface area contributed by atoms with Crippen molar-refractivity contribution in [1.29, 1.82) is 0 Å². The van der Waals surface area contributed by atoms with Crippen LogP contribution in [0, 0.1) is 12.7 Å². The second kappa shape index (κ2) is 15.5. The van der Waals surface area contributed by atoms with Gasteiger partial charge in [0.05, 0.1) is 17.7 Å². The van der Waals surface area contributed by atoms with Gasteiger partial charge in [-0.2, -0.15) is 0 Å². The molecule has 0 bridgehead atoms. The summed E-state index contributed by atoms with van der Waals surface area (Å²) in [6.07, 6.45) is 0.793. The van der Waals surface area contributed by atoms with Gasteiger partial charge in [0, 0.05) is 24.6 Å². The van der Waals surface area contributed by atoms with Crippen LogP contribution in [0.2, 0.25) is 0 Å². The number of amides is 2. The summed E-state index contributed by atoms with van der Waals surface area (Å²) >= 11 is 0. The lowest BCUT2D eigenvalue weighted by atomic mass is 10.0. The van der Waals surface area contributed by atoms with Gasteiger partial charge in [0.2, 0.25) is 11.8 Å². The third kappa shape index (κ3) is 8.51. The Kier molecular flexibility index (Phi) is 11.5. The lowest BCUT2D eigenvalue weighted by molar-refractivity contribution is -0.140. The molecule has 0 aliphatic carbocycles. The molecule has 4 aromatic rings. The molecule has 8 nitrogen and oxygen atoms in total. The van der Waals surface area contributed by atoms with Crippen LogP contribution in [0.5, 0.6) is 5.75 Å². The fourth-order valence-corrected chi connectivity index (χ4v) is 6.33. The van der Waals surface area contributed by atoms with E-state index in [1.54, 1.807) is 54.6 Å². The van der Waals surface area contributed by atoms with Crippen LogP contribution < -0.4 is 14.4 Å². The molecule has 4 rings (SSSR count). The summed E-state index contributed by atoms with van der Waals surface area (Å²) in [7, 11) is -2.76. The summed E-state index contributed by atoms with van der Waals surface area (Å²) in [5, 5.41) is 2.97. The van der Waals surface area contributed by atoms with Gasteiger partial charge in [-0.3, -0.25) is 13.9 Å². The molecule has 10 heteroatoms. The highest BCUT2D eigenvalue weighted by molar-refractivity contribution is 7.92. The summed E-state index contributed by atoms with van der Waals surface area (Å²) in [5.74, 6) is -1.12. The molecule has 0 radical (unpaired) electrons. The topological polar surface area (TPSA) is 96.0 Å². The third-order valence-corrected chi connectivity index (χ3v) is 9.61. The van der Waals surface area contributed by atoms with Gasteiger partial charge >= 0.3 is 0 Å². The molecule has 0 aliphatic rings. The number of methoxy groups -OCH3 is 1. The highest BCUT2D eigenvalue weighted by Gasteiger charge is 2.35. The molecule has 0 aliphatic heterocycles. The Hall–Kier alpha value is -4.70. The van der Waals surface area contributed by atoms with Gasteiger partial charge in [-0.05, 0) is 68.3 Å². The Bertz CT molecular complexity index is 1720. The van der Waals surface area contributed by atoms with Crippen LogP contribution >= 0.6 is 0 Å². The van der Waals surface area contributed by atoms with Crippen LogP contribution in [0.25, 0.3) is 0 Å². The van der Waals surface area contributed by atoms with Crippen molar-refractivity contribution in [3.05, 3.63) is 126 Å². The first-order valence-corrected chi connectivity index (χ1v) is 16.6. The van der Waals surface area contributed by atoms with E-state index in [9.17, 15) is 18.0 Å². The van der Waals surface area contributed by atoms with E-state index in [2.05, 4.69) is 5.32 Å². The van der Waals surface area contributed by atoms with Crippen molar-refractivity contribution < 1.29 is 27.1 Å². The smallest absolute Gasteiger partial charge is 0.264 e. The van der Waals surface area contributed by atoms with E-state index in [1.807, 2.05) is 51.1 Å². The first-order chi connectivity index (χ1) is 22.0. The molecule has 2 unspecified atom stereocenters. The van der Waals surface area contributed by atoms with E-state index in [1.165, 1.54) is 30.2 Å². The summed E-state index contributed by atoms with van der Waals surface area (Å²) in [6.45, 7) is 4.75. The average Bonchev–Trinajstić information content (AvgIpc) is 3.06. The summed E-state index contributed by atoms with van der Waals surface area (Å²) in [6, 6.07) is 26.6. The number of hydrogen-bond acceptors (Lipinski definition) is 5. The van der Waals surface area contributed by atoms with Crippen molar-refractivity contribution in [3.63, 3.8) is 0 Å². The first kappa shape index (κ1) is 34.2. The van der Waals surface area contributed by atoms with Crippen LogP contribution in [-0.2, 0) is 32.6 Å². The zero-order valence-electron chi connectivity index (χ0n) is 26.5. The minimum Gasteiger partial charge on any atom is -0.497 e. The maximum Gasteiger partial charge on any atom is 0.264 e. The predicted octanol–water partition coefficient (Wildman–Crippen LogP) is 5.89. The SMILES string of the molecule is CCC(C)NC(=O)C(Cc1ccccc1)N(Cc1ccccc1F)C(=O)CN(c1ccc(OC)cc1)S(=O)(=O)c1ccc(C)cc1. The second-order valence-electron chi connectivity index (χ2n) is 11.2. The molecule has 242 valence electrons. The van der Waals surface area contributed by atoms with E-state index >= 15 is 4.39 Å². The number of hydrogen-bond donors (Lipinski definition) is 1. The number of nitrogens with one attached hydrogen (secondary N) is 1. The molecule has 0 saturated carbocycles. The molecule has 46 heavy (non-hydrogen) atoms. The van der Waals surface area contributed by atoms with Crippen LogP contribution in [-0.4, -0.2) is 50.9 Å². The molecule has 0 heterocycles. The van der Waals surface area contributed by atoms with Gasteiger partial charge in [-0.15, -0.1) is 0 Å². The number of benzene rings is 4. The van der Waals surface area contributed by atoms with E-state index < -0.39 is 40.2 Å². The molecule has 0 aromatic heterocycles. The third-order valence-electron chi connectivity index (χ3n) is 7.82. The lowest BCUT2D eigenvalue weighted by Gasteiger charge is -2.34. The maximum absolute atomic E-state index is 15.1. The van der Waals surface area contributed by atoms with Crippen molar-refractivity contribution in [3.8, 4) is 5.75 Å². The van der Waals surface area contributed by atoms with Gasteiger partial charge in [-0.1, -0.05) is 73.2 Å². The van der Waals surface area contributed by atoms with Gasteiger partial charge < -0.3 is 15.0 Å². The van der Waals surface area contributed by atoms with Crippen LogP contribution in [0.1, 0.15) is 37.0 Å². The van der Waals surface area contributed by atoms with Crippen molar-refractivity contribution >= 4 is 27.5 Å². The fraction of sp³-hybridized carbons (Fsp3) is 0.278. The normalized spacial score (nSPS) is 12.5. The van der Waals surface area contributed by atoms with Gasteiger partial charge in [0.1, 0.15) is 24.2 Å². The van der Waals surface area contributed by atoms with E-state index in [4.69, 9.17) is 4.74 Å². The Balaban J connectivity index is 1.82. The quantitative estimate of drug-likeness (QED) is 0.185. The number of carbonyl (C=O) groups excluding carboxylic acids is 2. The predicted molar refractivity (Wildman–Crippen MR) is 177 cm³/mol. The first-order valence-electron chi connectivity index (χ1n) is 15.1. The zero-order chi connectivity index (χ0) is 33.3. The lowest BCUT2D eigenvalue weighted by Crippen LogP contribution is -2.54. The van der Waals surface area contributed by atoms with E-state index in [-0.39, 0.29) is 35.2 Å². The van der Waals surface area contributed by atoms with Crippen LogP contribution in [0.4, 0.5) is 10.1 Å². The minimum absolute atomic E-state index is 0.00211. The summed E-state index contributed by atoms with van der Waals surface area (Å²) < 4.78 is 49.6. The molecule has 0 spiro atoms. The molecule has 0 fully saturated rings. The van der Waals surface area contributed by atoms with Crippen molar-refractivity contribution in [2.45, 2.75) is 57.1 Å². The number of nitrogens with zero attached hydrogens (tertiary/aromatic N) is 2. The number of halogens is 1. The maximum atomic E-state index is 15.1. The standard InChI is InChI=1S/C36H40FN3O5S/c1-5-27(3)38-36(42)34(23-28-11-7-6-8-12-28)39(24-29-13-9-10-14-33(29)37)35(41)25-40(30-17-19-31(45-4)20-18-30)46(43,44)32-21-15-26(2)16-22-32/h6-22,27,34H,5,23-25H2,1-4H3,(H,38,42). The molecule has 0 saturated heterocycles. The Morgan fingerprint density at radius 1 is 0.891 bits per heavy atom. The van der Waals surface area contributed by atoms with Gasteiger partial charge in [0.15, 0.2) is 0 Å². The number of sulfonamides is 1. The van der Waals surface area contributed by atoms with E-state index in [0.29, 0.717) is 12.2 Å². The molecular formula is C36H40FN3O5S. The monoisotopic (exact) mass is 645 g/mol. The summed E-state index contributed by atoms with van der Waals surface area (Å²) in [5.41, 5.74) is 2.09. The number of carbonyl (C=O) groups is 2. The largest absolute Gasteiger partial charge is 0.497 e. The van der Waals surface area contributed by atoms with Crippen LogP contribution in [0.15, 0.2) is 108 Å². The molecule has 2 atom stereocenters. The van der Waals surface area contributed by atoms with Gasteiger partial charge in [0.25, 0.3) is 10.0 Å². The average molecular weight is 646 g/mol. The van der Waals surface area contributed by atoms with Gasteiger partial charge in [-0.25, -0.2) is 12.8 Å². The fourth-order valence-electron chi connectivity index (χ4n) is 4.92. The Labute approximate surface area is 270 Å². The number of aryl methyl sites for hydroxylation is 1. The number of ether oxygens (including phenoxy) is 1. The Morgan fingerprint density at radius 3 is 2.13 bits per heavy atom. The number of rotatable bonds is 14. The molecule has 4 aromatic carbocycles. The van der Waals surface area contributed by atoms with Crippen molar-refractivity contribution in [2.24, 2.45) is 0 Å². The second-order valence-corrected chi connectivity index (χ2v) is 13.0. The Morgan fingerprint density at radius 2 is 1.52 bits per heavy atom. The highest BCUT2D eigenvalue weighted by atomic mass is 32.2. The van der Waals surface area contributed by atoms with Crippen molar-refractivity contribution in [1.82, 2.24) is 10.2 Å². The molecule has 2 amide bonds. The van der Waals surface area contributed by atoms with Crippen LogP contribution in [0.3, 0.4) is 0 Å².